The van der Waals surface area contributed by atoms with Crippen LogP contribution in [-0.2, 0) is 4.79 Å². The predicted octanol–water partition coefficient (Wildman–Crippen LogP) is -0.157. The van der Waals surface area contributed by atoms with Gasteiger partial charge in [-0.2, -0.15) is 0 Å². The van der Waals surface area contributed by atoms with Gasteiger partial charge in [0.2, 0.25) is 5.91 Å². The fraction of sp³-hybridized carbons (Fsp3) is 0.714. The van der Waals surface area contributed by atoms with E-state index in [1.54, 1.807) is 4.90 Å². The van der Waals surface area contributed by atoms with Crippen LogP contribution in [-0.4, -0.2) is 29.9 Å². The Hall–Kier alpha value is -1.26. The minimum atomic E-state index is -0.262. The summed E-state index contributed by atoms with van der Waals surface area (Å²) >= 11 is 0. The van der Waals surface area contributed by atoms with Gasteiger partial charge in [-0.1, -0.05) is 0 Å². The van der Waals surface area contributed by atoms with Gasteiger partial charge in [0.1, 0.15) is 0 Å². The summed E-state index contributed by atoms with van der Waals surface area (Å²) in [4.78, 5) is 23.2. The van der Waals surface area contributed by atoms with Crippen LogP contribution in [0.15, 0.2) is 0 Å². The third-order valence-corrected chi connectivity index (χ3v) is 1.74. The van der Waals surface area contributed by atoms with Crippen LogP contribution < -0.4 is 10.9 Å². The van der Waals surface area contributed by atoms with Gasteiger partial charge in [-0.3, -0.25) is 10.2 Å². The first-order valence-electron chi connectivity index (χ1n) is 4.01. The van der Waals surface area contributed by atoms with E-state index in [9.17, 15) is 9.59 Å². The van der Waals surface area contributed by atoms with E-state index >= 15 is 0 Å². The highest BCUT2D eigenvalue weighted by atomic mass is 16.2. The SMILES string of the molecule is CC(=O)NNC(=O)N1CCCC1. The summed E-state index contributed by atoms with van der Waals surface area (Å²) in [6.07, 6.45) is 2.10. The molecule has 5 heteroatoms. The number of nitrogens with one attached hydrogen (secondary N) is 2. The number of hydrogen-bond donors (Lipinski definition) is 2. The van der Waals surface area contributed by atoms with Crippen LogP contribution in [0.1, 0.15) is 19.8 Å². The molecular formula is C7H13N3O2. The Morgan fingerprint density at radius 1 is 1.17 bits per heavy atom. The lowest BCUT2D eigenvalue weighted by molar-refractivity contribution is -0.119. The number of amides is 3. The maximum absolute atomic E-state index is 11.1. The molecule has 0 radical (unpaired) electrons. The van der Waals surface area contributed by atoms with Crippen molar-refractivity contribution in [2.24, 2.45) is 0 Å². The van der Waals surface area contributed by atoms with E-state index in [1.165, 1.54) is 6.92 Å². The molecule has 0 bridgehead atoms. The molecule has 0 saturated carbocycles. The number of nitrogens with zero attached hydrogens (tertiary/aromatic N) is 1. The van der Waals surface area contributed by atoms with E-state index in [0.29, 0.717) is 0 Å². The van der Waals surface area contributed by atoms with Crippen LogP contribution in [0.3, 0.4) is 0 Å². The molecular weight excluding hydrogens is 158 g/mol. The first-order chi connectivity index (χ1) is 5.70. The molecule has 0 aliphatic carbocycles. The van der Waals surface area contributed by atoms with E-state index in [4.69, 9.17) is 0 Å². The van der Waals surface area contributed by atoms with Gasteiger partial charge in [-0.25, -0.2) is 10.2 Å². The van der Waals surface area contributed by atoms with E-state index in [2.05, 4.69) is 10.9 Å². The normalized spacial score (nSPS) is 15.9. The second kappa shape index (κ2) is 3.94. The topological polar surface area (TPSA) is 61.4 Å². The second-order valence-electron chi connectivity index (χ2n) is 2.81. The van der Waals surface area contributed by atoms with Crippen LogP contribution >= 0.6 is 0 Å². The largest absolute Gasteiger partial charge is 0.336 e. The van der Waals surface area contributed by atoms with Crippen molar-refractivity contribution in [3.8, 4) is 0 Å². The van der Waals surface area contributed by atoms with Gasteiger partial charge in [-0.15, -0.1) is 0 Å². The fourth-order valence-electron chi connectivity index (χ4n) is 1.14. The van der Waals surface area contributed by atoms with Crippen molar-refractivity contribution < 1.29 is 9.59 Å². The molecule has 0 aromatic carbocycles. The zero-order valence-electron chi connectivity index (χ0n) is 7.09. The minimum absolute atomic E-state index is 0.220. The molecule has 0 aromatic heterocycles. The standard InChI is InChI=1S/C7H13N3O2/c1-6(11)8-9-7(12)10-4-2-3-5-10/h2-5H2,1H3,(H,8,11)(H,9,12). The van der Waals surface area contributed by atoms with Crippen LogP contribution in [0.2, 0.25) is 0 Å². The summed E-state index contributed by atoms with van der Waals surface area (Å²) in [6.45, 7) is 2.92. The Morgan fingerprint density at radius 2 is 1.75 bits per heavy atom. The summed E-state index contributed by atoms with van der Waals surface area (Å²) in [7, 11) is 0. The molecule has 1 aliphatic rings. The summed E-state index contributed by atoms with van der Waals surface area (Å²) < 4.78 is 0. The smallest absolute Gasteiger partial charge is 0.323 e. The molecule has 0 atom stereocenters. The third kappa shape index (κ3) is 2.41. The highest BCUT2D eigenvalue weighted by Crippen LogP contribution is 2.06. The van der Waals surface area contributed by atoms with Crippen molar-refractivity contribution in [2.75, 3.05) is 13.1 Å². The Morgan fingerprint density at radius 3 is 2.25 bits per heavy atom. The summed E-state index contributed by atoms with van der Waals surface area (Å²) in [5, 5.41) is 0. The average molecular weight is 171 g/mol. The van der Waals surface area contributed by atoms with Crippen molar-refractivity contribution in [1.29, 1.82) is 0 Å². The van der Waals surface area contributed by atoms with Crippen molar-refractivity contribution in [3.63, 3.8) is 0 Å². The number of rotatable bonds is 0. The molecule has 1 fully saturated rings. The number of carbonyl (C=O) groups excluding carboxylic acids is 2. The van der Waals surface area contributed by atoms with Crippen molar-refractivity contribution in [3.05, 3.63) is 0 Å². The number of hydrogen-bond acceptors (Lipinski definition) is 2. The van der Waals surface area contributed by atoms with E-state index in [1.807, 2.05) is 0 Å². The molecule has 1 aliphatic heterocycles. The van der Waals surface area contributed by atoms with Gasteiger partial charge >= 0.3 is 6.03 Å². The molecule has 0 aromatic rings. The lowest BCUT2D eigenvalue weighted by Gasteiger charge is -2.15. The van der Waals surface area contributed by atoms with Gasteiger partial charge in [0, 0.05) is 20.0 Å². The van der Waals surface area contributed by atoms with Crippen LogP contribution in [0.4, 0.5) is 4.79 Å². The van der Waals surface area contributed by atoms with Gasteiger partial charge in [0.05, 0.1) is 0 Å². The molecule has 1 rings (SSSR count). The van der Waals surface area contributed by atoms with Crippen LogP contribution in [0, 0.1) is 0 Å². The maximum atomic E-state index is 11.1. The molecule has 3 amide bonds. The van der Waals surface area contributed by atoms with Crippen LogP contribution in [0.25, 0.3) is 0 Å². The summed E-state index contributed by atoms with van der Waals surface area (Å²) in [5.74, 6) is -0.262. The Balaban J connectivity index is 2.23. The lowest BCUT2D eigenvalue weighted by Crippen LogP contribution is -2.47. The molecule has 5 nitrogen and oxygen atoms in total. The highest BCUT2D eigenvalue weighted by Gasteiger charge is 2.17. The van der Waals surface area contributed by atoms with Gasteiger partial charge in [-0.05, 0) is 12.8 Å². The fourth-order valence-corrected chi connectivity index (χ4v) is 1.14. The van der Waals surface area contributed by atoms with Crippen molar-refractivity contribution >= 4 is 11.9 Å². The van der Waals surface area contributed by atoms with Crippen LogP contribution in [0.5, 0.6) is 0 Å². The molecule has 1 heterocycles. The monoisotopic (exact) mass is 171 g/mol. The lowest BCUT2D eigenvalue weighted by atomic mass is 10.4. The number of urea groups is 1. The number of likely N-dealkylation sites (tertiary alicyclic amines) is 1. The van der Waals surface area contributed by atoms with Gasteiger partial charge in [0.25, 0.3) is 0 Å². The Labute approximate surface area is 71.1 Å². The second-order valence-corrected chi connectivity index (χ2v) is 2.81. The molecule has 1 saturated heterocycles. The average Bonchev–Trinajstić information content (AvgIpc) is 2.51. The maximum Gasteiger partial charge on any atom is 0.336 e. The Bertz CT molecular complexity index is 187. The zero-order valence-corrected chi connectivity index (χ0v) is 7.09. The molecule has 0 unspecified atom stereocenters. The van der Waals surface area contributed by atoms with E-state index in [-0.39, 0.29) is 11.9 Å². The zero-order chi connectivity index (χ0) is 8.97. The minimum Gasteiger partial charge on any atom is -0.323 e. The van der Waals surface area contributed by atoms with E-state index < -0.39 is 0 Å². The van der Waals surface area contributed by atoms with E-state index in [0.717, 1.165) is 25.9 Å². The van der Waals surface area contributed by atoms with Crippen molar-refractivity contribution in [1.82, 2.24) is 15.8 Å². The molecule has 2 N–H and O–H groups in total. The number of carbonyl (C=O) groups is 2. The summed E-state index contributed by atoms with van der Waals surface area (Å²) in [5.41, 5.74) is 4.55. The first-order valence-corrected chi connectivity index (χ1v) is 4.01. The van der Waals surface area contributed by atoms with Gasteiger partial charge < -0.3 is 4.90 Å². The molecule has 12 heavy (non-hydrogen) atoms. The third-order valence-electron chi connectivity index (χ3n) is 1.74. The van der Waals surface area contributed by atoms with Crippen molar-refractivity contribution in [2.45, 2.75) is 19.8 Å². The summed E-state index contributed by atoms with van der Waals surface area (Å²) in [6, 6.07) is -0.220. The highest BCUT2D eigenvalue weighted by molar-refractivity contribution is 5.79. The Kier molecular flexibility index (Phi) is 2.90. The predicted molar refractivity (Wildman–Crippen MR) is 43.2 cm³/mol. The first kappa shape index (κ1) is 8.83. The molecule has 0 spiro atoms. The quantitative estimate of drug-likeness (QED) is 0.498. The van der Waals surface area contributed by atoms with Gasteiger partial charge in [0.15, 0.2) is 0 Å². The molecule has 68 valence electrons. The number of hydrazine groups is 1.